The number of halogens is 3. The number of benzene rings is 2. The van der Waals surface area contributed by atoms with E-state index in [2.05, 4.69) is 9.97 Å². The molecule has 0 bridgehead atoms. The van der Waals surface area contributed by atoms with Gasteiger partial charge in [-0.1, -0.05) is 24.3 Å². The first-order valence-corrected chi connectivity index (χ1v) is 6.13. The van der Waals surface area contributed by atoms with Gasteiger partial charge >= 0.3 is 6.18 Å². The molecule has 0 saturated heterocycles. The van der Waals surface area contributed by atoms with Crippen LogP contribution < -0.4 is 0 Å². The number of aromatic amines is 2. The molecule has 0 aliphatic rings. The molecule has 0 amide bonds. The summed E-state index contributed by atoms with van der Waals surface area (Å²) >= 11 is 0. The Kier molecular flexibility index (Phi) is 2.03. The van der Waals surface area contributed by atoms with E-state index in [9.17, 15) is 13.2 Å². The van der Waals surface area contributed by atoms with E-state index in [1.807, 2.05) is 18.2 Å². The second-order valence-corrected chi connectivity index (χ2v) is 4.78. The van der Waals surface area contributed by atoms with Crippen molar-refractivity contribution in [2.24, 2.45) is 0 Å². The molecular weight excluding hydrogens is 265 g/mol. The lowest BCUT2D eigenvalue weighted by Gasteiger charge is -2.07. The fourth-order valence-electron chi connectivity index (χ4n) is 2.75. The second-order valence-electron chi connectivity index (χ2n) is 4.78. The lowest BCUT2D eigenvalue weighted by atomic mass is 10.1. The van der Waals surface area contributed by atoms with Crippen molar-refractivity contribution in [3.63, 3.8) is 0 Å². The largest absolute Gasteiger partial charge is 0.418 e. The smallest absolute Gasteiger partial charge is 0.359 e. The van der Waals surface area contributed by atoms with Gasteiger partial charge in [0.2, 0.25) is 0 Å². The van der Waals surface area contributed by atoms with Gasteiger partial charge in [-0.05, 0) is 12.1 Å². The minimum Gasteiger partial charge on any atom is -0.359 e. The van der Waals surface area contributed by atoms with E-state index < -0.39 is 11.7 Å². The number of hydrogen-bond acceptors (Lipinski definition) is 0. The van der Waals surface area contributed by atoms with Crippen molar-refractivity contribution >= 4 is 32.7 Å². The highest BCUT2D eigenvalue weighted by Gasteiger charge is 2.33. The van der Waals surface area contributed by atoms with Crippen LogP contribution in [-0.4, -0.2) is 9.97 Å². The third-order valence-corrected chi connectivity index (χ3v) is 3.64. The number of fused-ring (bicyclic) bond motifs is 5. The molecule has 0 aliphatic carbocycles. The summed E-state index contributed by atoms with van der Waals surface area (Å²) in [5.41, 5.74) is 1.04. The molecule has 2 aromatic heterocycles. The lowest BCUT2D eigenvalue weighted by molar-refractivity contribution is -0.136. The van der Waals surface area contributed by atoms with Crippen molar-refractivity contribution in [1.29, 1.82) is 0 Å². The van der Waals surface area contributed by atoms with E-state index in [0.29, 0.717) is 10.9 Å². The normalized spacial score (nSPS) is 12.8. The molecule has 0 saturated carbocycles. The van der Waals surface area contributed by atoms with Gasteiger partial charge in [0.25, 0.3) is 0 Å². The third-order valence-electron chi connectivity index (χ3n) is 3.64. The molecule has 100 valence electrons. The van der Waals surface area contributed by atoms with Crippen LogP contribution in [0.2, 0.25) is 0 Å². The molecule has 2 nitrogen and oxygen atoms in total. The molecule has 2 heterocycles. The van der Waals surface area contributed by atoms with Crippen LogP contribution in [0, 0.1) is 0 Å². The number of aromatic nitrogens is 2. The molecule has 20 heavy (non-hydrogen) atoms. The van der Waals surface area contributed by atoms with Crippen LogP contribution in [0.3, 0.4) is 0 Å². The second kappa shape index (κ2) is 3.56. The number of rotatable bonds is 0. The maximum absolute atomic E-state index is 13.1. The quantitative estimate of drug-likeness (QED) is 0.460. The fraction of sp³-hybridized carbons (Fsp3) is 0.0667. The predicted octanol–water partition coefficient (Wildman–Crippen LogP) is 4.82. The van der Waals surface area contributed by atoms with E-state index >= 15 is 0 Å². The minimum atomic E-state index is -4.37. The highest BCUT2D eigenvalue weighted by molar-refractivity contribution is 6.16. The number of hydrogen-bond donors (Lipinski definition) is 2. The van der Waals surface area contributed by atoms with Crippen LogP contribution in [0.15, 0.2) is 42.6 Å². The summed E-state index contributed by atoms with van der Waals surface area (Å²) in [5.74, 6) is 0. The Morgan fingerprint density at radius 3 is 2.40 bits per heavy atom. The van der Waals surface area contributed by atoms with Crippen LogP contribution >= 0.6 is 0 Å². The van der Waals surface area contributed by atoms with Gasteiger partial charge < -0.3 is 9.97 Å². The van der Waals surface area contributed by atoms with Crippen LogP contribution in [-0.2, 0) is 6.18 Å². The Morgan fingerprint density at radius 1 is 0.800 bits per heavy atom. The van der Waals surface area contributed by atoms with Gasteiger partial charge in [-0.2, -0.15) is 13.2 Å². The first-order valence-electron chi connectivity index (χ1n) is 6.13. The molecule has 0 aliphatic heterocycles. The van der Waals surface area contributed by atoms with Crippen LogP contribution in [0.5, 0.6) is 0 Å². The fourth-order valence-corrected chi connectivity index (χ4v) is 2.75. The maximum atomic E-state index is 13.1. The van der Waals surface area contributed by atoms with Crippen molar-refractivity contribution in [2.75, 3.05) is 0 Å². The summed E-state index contributed by atoms with van der Waals surface area (Å²) < 4.78 is 39.2. The zero-order valence-corrected chi connectivity index (χ0v) is 10.2. The van der Waals surface area contributed by atoms with Crippen molar-refractivity contribution < 1.29 is 13.2 Å². The highest BCUT2D eigenvalue weighted by atomic mass is 19.4. The number of nitrogens with one attached hydrogen (secondary N) is 2. The molecule has 4 rings (SSSR count). The van der Waals surface area contributed by atoms with Crippen molar-refractivity contribution in [3.8, 4) is 0 Å². The maximum Gasteiger partial charge on any atom is 0.418 e. The van der Waals surface area contributed by atoms with Crippen molar-refractivity contribution in [2.45, 2.75) is 6.18 Å². The molecule has 0 fully saturated rings. The van der Waals surface area contributed by atoms with Gasteiger partial charge in [0.05, 0.1) is 22.1 Å². The molecule has 0 radical (unpaired) electrons. The Balaban J connectivity index is 2.23. The van der Waals surface area contributed by atoms with E-state index in [4.69, 9.17) is 0 Å². The zero-order valence-electron chi connectivity index (χ0n) is 10.2. The Hall–Kier alpha value is -2.43. The van der Waals surface area contributed by atoms with E-state index in [0.717, 1.165) is 22.4 Å². The summed E-state index contributed by atoms with van der Waals surface area (Å²) in [6.45, 7) is 0. The van der Waals surface area contributed by atoms with Gasteiger partial charge in [0, 0.05) is 22.4 Å². The molecule has 2 aromatic carbocycles. The van der Waals surface area contributed by atoms with Gasteiger partial charge in [0.1, 0.15) is 0 Å². The lowest BCUT2D eigenvalue weighted by Crippen LogP contribution is -2.05. The number of alkyl halides is 3. The average molecular weight is 274 g/mol. The molecule has 5 heteroatoms. The number of H-pyrrole nitrogens is 2. The Bertz CT molecular complexity index is 944. The third kappa shape index (κ3) is 1.40. The molecule has 0 spiro atoms. The Labute approximate surface area is 111 Å². The molecular formula is C15H9F3N2. The molecule has 2 N–H and O–H groups in total. The topological polar surface area (TPSA) is 31.6 Å². The number of para-hydroxylation sites is 1. The van der Waals surface area contributed by atoms with Crippen molar-refractivity contribution in [1.82, 2.24) is 9.97 Å². The summed E-state index contributed by atoms with van der Waals surface area (Å²) in [5, 5.41) is 2.35. The average Bonchev–Trinajstić information content (AvgIpc) is 3.00. The molecule has 0 unspecified atom stereocenters. The highest BCUT2D eigenvalue weighted by Crippen LogP contribution is 2.38. The van der Waals surface area contributed by atoms with Crippen LogP contribution in [0.1, 0.15) is 5.56 Å². The standard InChI is InChI=1S/C15H9F3N2/c16-15(17,18)11-3-1-2-9-10-5-4-8-6-7-19-12(8)14(10)20-13(9)11/h1-7,19-20H. The SMILES string of the molecule is FC(F)(F)c1cccc2c1[nH]c1c2ccc2cc[nH]c21. The van der Waals surface area contributed by atoms with Gasteiger partial charge in [-0.25, -0.2) is 0 Å². The Morgan fingerprint density at radius 2 is 1.60 bits per heavy atom. The molecule has 4 aromatic rings. The van der Waals surface area contributed by atoms with Crippen LogP contribution in [0.25, 0.3) is 32.7 Å². The van der Waals surface area contributed by atoms with E-state index in [-0.39, 0.29) is 5.52 Å². The van der Waals surface area contributed by atoms with Gasteiger partial charge in [0.15, 0.2) is 0 Å². The first kappa shape index (κ1) is 11.4. The summed E-state index contributed by atoms with van der Waals surface area (Å²) in [4.78, 5) is 6.00. The van der Waals surface area contributed by atoms with Gasteiger partial charge in [-0.3, -0.25) is 0 Å². The first-order chi connectivity index (χ1) is 9.55. The van der Waals surface area contributed by atoms with E-state index in [1.54, 1.807) is 12.3 Å². The van der Waals surface area contributed by atoms with E-state index in [1.165, 1.54) is 6.07 Å². The summed E-state index contributed by atoms with van der Waals surface area (Å²) in [6, 6.07) is 9.90. The molecule has 0 atom stereocenters. The summed E-state index contributed by atoms with van der Waals surface area (Å²) in [6.07, 6.45) is -2.59. The minimum absolute atomic E-state index is 0.136. The summed E-state index contributed by atoms with van der Waals surface area (Å²) in [7, 11) is 0. The predicted molar refractivity (Wildman–Crippen MR) is 72.7 cm³/mol. The van der Waals surface area contributed by atoms with Crippen LogP contribution in [0.4, 0.5) is 13.2 Å². The monoisotopic (exact) mass is 274 g/mol. The van der Waals surface area contributed by atoms with Gasteiger partial charge in [-0.15, -0.1) is 0 Å². The van der Waals surface area contributed by atoms with Crippen molar-refractivity contribution in [3.05, 3.63) is 48.2 Å². The zero-order chi connectivity index (χ0) is 13.9.